The van der Waals surface area contributed by atoms with Gasteiger partial charge in [-0.15, -0.1) is 0 Å². The van der Waals surface area contributed by atoms with Crippen molar-refractivity contribution in [1.82, 2.24) is 0 Å². The summed E-state index contributed by atoms with van der Waals surface area (Å²) in [5.41, 5.74) is 3.76. The molecule has 0 aliphatic heterocycles. The van der Waals surface area contributed by atoms with Crippen LogP contribution in [0.5, 0.6) is 0 Å². The van der Waals surface area contributed by atoms with Crippen molar-refractivity contribution in [2.45, 2.75) is 20.3 Å². The van der Waals surface area contributed by atoms with Crippen molar-refractivity contribution >= 4 is 15.9 Å². The van der Waals surface area contributed by atoms with E-state index in [1.54, 1.807) is 0 Å². The Kier molecular flexibility index (Phi) is 4.05. The molecule has 0 aliphatic rings. The molecule has 0 spiro atoms. The standard InChI is InChI=1S/C12H13Br/c1-10-6-5-8-12(11(10)2)7-3-4-9-13/h5-6,8H,4,9H2,1-2H3. The maximum atomic E-state index is 3.35. The molecule has 1 aromatic carbocycles. The molecule has 0 fully saturated rings. The summed E-state index contributed by atoms with van der Waals surface area (Å²) in [5, 5.41) is 0.949. The highest BCUT2D eigenvalue weighted by atomic mass is 79.9. The number of halogens is 1. The second-order valence-corrected chi connectivity index (χ2v) is 3.78. The summed E-state index contributed by atoms with van der Waals surface area (Å²) < 4.78 is 0. The minimum absolute atomic E-state index is 0.910. The van der Waals surface area contributed by atoms with E-state index >= 15 is 0 Å². The van der Waals surface area contributed by atoms with Crippen LogP contribution < -0.4 is 0 Å². The van der Waals surface area contributed by atoms with Gasteiger partial charge in [-0.3, -0.25) is 0 Å². The van der Waals surface area contributed by atoms with E-state index in [2.05, 4.69) is 59.8 Å². The van der Waals surface area contributed by atoms with Crippen LogP contribution >= 0.6 is 15.9 Å². The number of aryl methyl sites for hydroxylation is 1. The van der Waals surface area contributed by atoms with Gasteiger partial charge in [-0.05, 0) is 31.0 Å². The van der Waals surface area contributed by atoms with Crippen LogP contribution in [0.25, 0.3) is 0 Å². The van der Waals surface area contributed by atoms with Gasteiger partial charge < -0.3 is 0 Å². The van der Waals surface area contributed by atoms with Crippen molar-refractivity contribution in [3.05, 3.63) is 34.9 Å². The van der Waals surface area contributed by atoms with Crippen LogP contribution in [0.15, 0.2) is 18.2 Å². The summed E-state index contributed by atoms with van der Waals surface area (Å²) in [5.74, 6) is 6.30. The Hall–Kier alpha value is -0.740. The van der Waals surface area contributed by atoms with Gasteiger partial charge in [0.15, 0.2) is 0 Å². The van der Waals surface area contributed by atoms with Crippen molar-refractivity contribution in [2.75, 3.05) is 5.33 Å². The molecule has 0 N–H and O–H groups in total. The number of hydrogen-bond acceptors (Lipinski definition) is 0. The fraction of sp³-hybridized carbons (Fsp3) is 0.333. The summed E-state index contributed by atoms with van der Waals surface area (Å²) in [7, 11) is 0. The first-order chi connectivity index (χ1) is 6.25. The van der Waals surface area contributed by atoms with Gasteiger partial charge in [0.1, 0.15) is 0 Å². The fourth-order valence-corrected chi connectivity index (χ4v) is 1.29. The van der Waals surface area contributed by atoms with Crippen molar-refractivity contribution in [1.29, 1.82) is 0 Å². The quantitative estimate of drug-likeness (QED) is 0.518. The van der Waals surface area contributed by atoms with Gasteiger partial charge in [0.25, 0.3) is 0 Å². The minimum Gasteiger partial charge on any atom is -0.0970 e. The fourth-order valence-electron chi connectivity index (χ4n) is 1.09. The second kappa shape index (κ2) is 5.09. The van der Waals surface area contributed by atoms with Crippen LogP contribution in [-0.4, -0.2) is 5.33 Å². The summed E-state index contributed by atoms with van der Waals surface area (Å²) >= 11 is 3.35. The van der Waals surface area contributed by atoms with Crippen LogP contribution in [0.4, 0.5) is 0 Å². The molecule has 0 bridgehead atoms. The Balaban J connectivity index is 2.91. The highest BCUT2D eigenvalue weighted by Gasteiger charge is 1.95. The molecule has 0 saturated carbocycles. The molecule has 13 heavy (non-hydrogen) atoms. The van der Waals surface area contributed by atoms with Crippen LogP contribution in [0.3, 0.4) is 0 Å². The van der Waals surface area contributed by atoms with Crippen molar-refractivity contribution in [3.8, 4) is 11.8 Å². The number of benzene rings is 1. The van der Waals surface area contributed by atoms with Gasteiger partial charge in [-0.25, -0.2) is 0 Å². The van der Waals surface area contributed by atoms with Gasteiger partial charge in [0, 0.05) is 17.3 Å². The van der Waals surface area contributed by atoms with Crippen LogP contribution in [0.1, 0.15) is 23.1 Å². The predicted molar refractivity (Wildman–Crippen MR) is 61.2 cm³/mol. The lowest BCUT2D eigenvalue weighted by molar-refractivity contribution is 1.30. The van der Waals surface area contributed by atoms with E-state index in [0.29, 0.717) is 0 Å². The molecule has 0 nitrogen and oxygen atoms in total. The van der Waals surface area contributed by atoms with E-state index in [1.165, 1.54) is 11.1 Å². The maximum absolute atomic E-state index is 3.35. The maximum Gasteiger partial charge on any atom is 0.0277 e. The van der Waals surface area contributed by atoms with Crippen LogP contribution in [-0.2, 0) is 0 Å². The molecule has 0 unspecified atom stereocenters. The number of rotatable bonds is 1. The molecule has 1 aromatic rings. The number of alkyl halides is 1. The van der Waals surface area contributed by atoms with Gasteiger partial charge in [0.05, 0.1) is 0 Å². The van der Waals surface area contributed by atoms with E-state index in [9.17, 15) is 0 Å². The third-order valence-corrected chi connectivity index (χ3v) is 2.44. The average Bonchev–Trinajstić information content (AvgIpc) is 2.13. The molecule has 0 atom stereocenters. The molecule has 1 rings (SSSR count). The molecular formula is C12H13Br. The summed E-state index contributed by atoms with van der Waals surface area (Å²) in [6.45, 7) is 4.23. The molecule has 0 radical (unpaired) electrons. The third-order valence-electron chi connectivity index (χ3n) is 2.05. The molecule has 0 saturated heterocycles. The Bertz CT molecular complexity index is 342. The molecule has 0 aromatic heterocycles. The molecule has 0 amide bonds. The average molecular weight is 237 g/mol. The van der Waals surface area contributed by atoms with E-state index in [0.717, 1.165) is 17.3 Å². The topological polar surface area (TPSA) is 0 Å². The van der Waals surface area contributed by atoms with Crippen molar-refractivity contribution in [3.63, 3.8) is 0 Å². The van der Waals surface area contributed by atoms with Crippen LogP contribution in [0.2, 0.25) is 0 Å². The Morgan fingerprint density at radius 2 is 2.08 bits per heavy atom. The normalized spacial score (nSPS) is 9.15. The first kappa shape index (κ1) is 10.3. The molecule has 0 aliphatic carbocycles. The van der Waals surface area contributed by atoms with Crippen LogP contribution in [0, 0.1) is 25.7 Å². The zero-order chi connectivity index (χ0) is 9.68. The summed E-state index contributed by atoms with van der Waals surface area (Å²) in [6, 6.07) is 6.25. The van der Waals surface area contributed by atoms with E-state index in [-0.39, 0.29) is 0 Å². The van der Waals surface area contributed by atoms with Gasteiger partial charge in [-0.2, -0.15) is 0 Å². The predicted octanol–water partition coefficient (Wildman–Crippen LogP) is 3.44. The first-order valence-corrected chi connectivity index (χ1v) is 5.49. The summed E-state index contributed by atoms with van der Waals surface area (Å²) in [4.78, 5) is 0. The van der Waals surface area contributed by atoms with E-state index in [4.69, 9.17) is 0 Å². The monoisotopic (exact) mass is 236 g/mol. The third kappa shape index (κ3) is 2.90. The largest absolute Gasteiger partial charge is 0.0970 e. The Labute approximate surface area is 88.5 Å². The second-order valence-electron chi connectivity index (χ2n) is 2.99. The number of hydrogen-bond donors (Lipinski definition) is 0. The van der Waals surface area contributed by atoms with Crippen molar-refractivity contribution < 1.29 is 0 Å². The SMILES string of the molecule is Cc1cccc(C#CCCBr)c1C. The highest BCUT2D eigenvalue weighted by Crippen LogP contribution is 2.10. The highest BCUT2D eigenvalue weighted by molar-refractivity contribution is 9.09. The molecular weight excluding hydrogens is 224 g/mol. The van der Waals surface area contributed by atoms with Gasteiger partial charge in [0.2, 0.25) is 0 Å². The molecule has 1 heteroatoms. The Morgan fingerprint density at radius 1 is 1.31 bits per heavy atom. The van der Waals surface area contributed by atoms with E-state index in [1.807, 2.05) is 0 Å². The summed E-state index contributed by atoms with van der Waals surface area (Å²) in [6.07, 6.45) is 0.910. The lowest BCUT2D eigenvalue weighted by atomic mass is 10.0. The van der Waals surface area contributed by atoms with E-state index < -0.39 is 0 Å². The Morgan fingerprint density at radius 3 is 2.77 bits per heavy atom. The lowest BCUT2D eigenvalue weighted by Gasteiger charge is -2.00. The molecule has 68 valence electrons. The van der Waals surface area contributed by atoms with Gasteiger partial charge >= 0.3 is 0 Å². The first-order valence-electron chi connectivity index (χ1n) is 4.36. The zero-order valence-corrected chi connectivity index (χ0v) is 9.61. The van der Waals surface area contributed by atoms with Gasteiger partial charge in [-0.1, -0.05) is 39.9 Å². The van der Waals surface area contributed by atoms with Crippen molar-refractivity contribution in [2.24, 2.45) is 0 Å². The zero-order valence-electron chi connectivity index (χ0n) is 8.02. The lowest BCUT2D eigenvalue weighted by Crippen LogP contribution is -1.85. The molecule has 0 heterocycles. The minimum atomic E-state index is 0.910. The smallest absolute Gasteiger partial charge is 0.0277 e.